The molecule has 7 heteroatoms. The van der Waals surface area contributed by atoms with E-state index >= 15 is 0 Å². The van der Waals surface area contributed by atoms with Crippen molar-refractivity contribution >= 4 is 11.9 Å². The van der Waals surface area contributed by atoms with Crippen molar-refractivity contribution in [2.75, 3.05) is 20.2 Å². The predicted molar refractivity (Wildman–Crippen MR) is 54.1 cm³/mol. The van der Waals surface area contributed by atoms with Crippen molar-refractivity contribution in [3.05, 3.63) is 12.2 Å². The summed E-state index contributed by atoms with van der Waals surface area (Å²) in [6.07, 6.45) is -4.51. The van der Waals surface area contributed by atoms with Crippen molar-refractivity contribution < 1.29 is 27.5 Å². The number of alkyl halides is 3. The zero-order chi connectivity index (χ0) is 13.6. The van der Waals surface area contributed by atoms with Crippen LogP contribution in [-0.4, -0.2) is 43.2 Å². The van der Waals surface area contributed by atoms with Gasteiger partial charge in [0.05, 0.1) is 6.54 Å². The number of rotatable bonds is 5. The van der Waals surface area contributed by atoms with Gasteiger partial charge in [0.25, 0.3) is 0 Å². The molecule has 0 atom stereocenters. The predicted octanol–water partition coefficient (Wildman–Crippen LogP) is 1.52. The summed E-state index contributed by atoms with van der Waals surface area (Å²) in [4.78, 5) is 22.2. The van der Waals surface area contributed by atoms with Crippen molar-refractivity contribution in [1.29, 1.82) is 0 Å². The van der Waals surface area contributed by atoms with E-state index in [9.17, 15) is 22.8 Å². The van der Waals surface area contributed by atoms with Crippen molar-refractivity contribution in [1.82, 2.24) is 4.90 Å². The maximum atomic E-state index is 12.0. The molecule has 0 spiro atoms. The van der Waals surface area contributed by atoms with E-state index in [1.807, 2.05) is 0 Å². The number of hydrogen-bond acceptors (Lipinski definition) is 3. The second-order valence-corrected chi connectivity index (χ2v) is 3.32. The standard InChI is InChI=1S/C10H14F3NO3/c1-4-7(2)8(15)17-6-5-14(3)9(16)10(11,12)13/h2,4-6H2,1,3H3. The third kappa shape index (κ3) is 5.37. The molecule has 0 rings (SSSR count). The average molecular weight is 253 g/mol. The van der Waals surface area contributed by atoms with Gasteiger partial charge in [-0.1, -0.05) is 13.5 Å². The largest absolute Gasteiger partial charge is 0.471 e. The highest BCUT2D eigenvalue weighted by Gasteiger charge is 2.41. The van der Waals surface area contributed by atoms with Crippen LogP contribution in [0.2, 0.25) is 0 Å². The second kappa shape index (κ2) is 6.27. The number of halogens is 3. The molecular weight excluding hydrogens is 239 g/mol. The fraction of sp³-hybridized carbons (Fsp3) is 0.600. The first kappa shape index (κ1) is 15.5. The molecule has 1 amide bonds. The van der Waals surface area contributed by atoms with Gasteiger partial charge >= 0.3 is 18.1 Å². The zero-order valence-electron chi connectivity index (χ0n) is 9.63. The molecule has 0 aliphatic heterocycles. The number of likely N-dealkylation sites (N-methyl/N-ethyl adjacent to an activating group) is 1. The summed E-state index contributed by atoms with van der Waals surface area (Å²) < 4.78 is 40.5. The Balaban J connectivity index is 4.03. The SMILES string of the molecule is C=C(CC)C(=O)OCCN(C)C(=O)C(F)(F)F. The summed E-state index contributed by atoms with van der Waals surface area (Å²) in [6, 6.07) is 0. The lowest BCUT2D eigenvalue weighted by molar-refractivity contribution is -0.184. The van der Waals surface area contributed by atoms with Crippen LogP contribution >= 0.6 is 0 Å². The Hall–Kier alpha value is -1.53. The van der Waals surface area contributed by atoms with Crippen LogP contribution in [0.4, 0.5) is 13.2 Å². The highest BCUT2D eigenvalue weighted by Crippen LogP contribution is 2.17. The minimum Gasteiger partial charge on any atom is -0.460 e. The zero-order valence-corrected chi connectivity index (χ0v) is 9.63. The number of amides is 1. The van der Waals surface area contributed by atoms with Gasteiger partial charge in [-0.25, -0.2) is 4.79 Å². The van der Waals surface area contributed by atoms with Crippen LogP contribution in [0.15, 0.2) is 12.2 Å². The minimum absolute atomic E-state index is 0.231. The molecular formula is C10H14F3NO3. The van der Waals surface area contributed by atoms with Gasteiger partial charge in [-0.05, 0) is 6.42 Å². The Bertz CT molecular complexity index is 312. The molecule has 0 saturated heterocycles. The van der Waals surface area contributed by atoms with Crippen molar-refractivity contribution in [2.45, 2.75) is 19.5 Å². The van der Waals surface area contributed by atoms with Crippen molar-refractivity contribution in [2.24, 2.45) is 0 Å². The van der Waals surface area contributed by atoms with Gasteiger partial charge < -0.3 is 9.64 Å². The highest BCUT2D eigenvalue weighted by atomic mass is 19.4. The number of nitrogens with zero attached hydrogens (tertiary/aromatic N) is 1. The topological polar surface area (TPSA) is 46.6 Å². The minimum atomic E-state index is -4.91. The molecule has 0 N–H and O–H groups in total. The smallest absolute Gasteiger partial charge is 0.460 e. The van der Waals surface area contributed by atoms with Crippen LogP contribution in [0.3, 0.4) is 0 Å². The summed E-state index contributed by atoms with van der Waals surface area (Å²) in [5.41, 5.74) is 0.231. The average Bonchev–Trinajstić information content (AvgIpc) is 2.25. The lowest BCUT2D eigenvalue weighted by Crippen LogP contribution is -2.40. The molecule has 0 fully saturated rings. The molecule has 0 aromatic heterocycles. The summed E-state index contributed by atoms with van der Waals surface area (Å²) in [6.45, 7) is 4.49. The first-order valence-corrected chi connectivity index (χ1v) is 4.87. The second-order valence-electron chi connectivity index (χ2n) is 3.32. The fourth-order valence-corrected chi connectivity index (χ4v) is 0.840. The van der Waals surface area contributed by atoms with E-state index in [0.717, 1.165) is 7.05 Å². The van der Waals surface area contributed by atoms with Crippen LogP contribution in [0.5, 0.6) is 0 Å². The first-order valence-electron chi connectivity index (χ1n) is 4.87. The molecule has 0 aromatic rings. The van der Waals surface area contributed by atoms with Gasteiger partial charge in [0.1, 0.15) is 6.61 Å². The van der Waals surface area contributed by atoms with Gasteiger partial charge in [-0.15, -0.1) is 0 Å². The number of carbonyl (C=O) groups is 2. The van der Waals surface area contributed by atoms with Gasteiger partial charge in [0.2, 0.25) is 0 Å². The number of esters is 1. The Labute approximate surface area is 97.0 Å². The van der Waals surface area contributed by atoms with Crippen LogP contribution in [0, 0.1) is 0 Å². The van der Waals surface area contributed by atoms with E-state index in [1.54, 1.807) is 6.92 Å². The monoisotopic (exact) mass is 253 g/mol. The molecule has 98 valence electrons. The van der Waals surface area contributed by atoms with E-state index in [1.165, 1.54) is 0 Å². The molecule has 0 aromatic carbocycles. The lowest BCUT2D eigenvalue weighted by atomic mass is 10.2. The quantitative estimate of drug-likeness (QED) is 0.551. The first-order chi connectivity index (χ1) is 7.70. The molecule has 0 saturated carbocycles. The Morgan fingerprint density at radius 3 is 2.29 bits per heavy atom. The Morgan fingerprint density at radius 2 is 1.88 bits per heavy atom. The third-order valence-electron chi connectivity index (χ3n) is 1.96. The molecule has 0 bridgehead atoms. The summed E-state index contributed by atoms with van der Waals surface area (Å²) in [7, 11) is 0.984. The highest BCUT2D eigenvalue weighted by molar-refractivity contribution is 5.87. The molecule has 0 radical (unpaired) electrons. The summed E-state index contributed by atoms with van der Waals surface area (Å²) in [5, 5.41) is 0. The number of carbonyl (C=O) groups excluding carboxylic acids is 2. The van der Waals surface area contributed by atoms with Crippen LogP contribution < -0.4 is 0 Å². The van der Waals surface area contributed by atoms with Crippen molar-refractivity contribution in [3.63, 3.8) is 0 Å². The summed E-state index contributed by atoms with van der Waals surface area (Å²) >= 11 is 0. The lowest BCUT2D eigenvalue weighted by Gasteiger charge is -2.18. The maximum absolute atomic E-state index is 12.0. The number of ether oxygens (including phenoxy) is 1. The molecule has 17 heavy (non-hydrogen) atoms. The van der Waals surface area contributed by atoms with Crippen LogP contribution in [-0.2, 0) is 14.3 Å². The number of hydrogen-bond donors (Lipinski definition) is 0. The Kier molecular flexibility index (Phi) is 5.70. The molecule has 4 nitrogen and oxygen atoms in total. The van der Waals surface area contributed by atoms with E-state index < -0.39 is 18.1 Å². The van der Waals surface area contributed by atoms with E-state index in [2.05, 4.69) is 11.3 Å². The maximum Gasteiger partial charge on any atom is 0.471 e. The Morgan fingerprint density at radius 1 is 1.35 bits per heavy atom. The normalized spacial score (nSPS) is 10.9. The van der Waals surface area contributed by atoms with E-state index in [0.29, 0.717) is 11.3 Å². The van der Waals surface area contributed by atoms with Gasteiger partial charge in [0.15, 0.2) is 0 Å². The molecule has 0 unspecified atom stereocenters. The third-order valence-corrected chi connectivity index (χ3v) is 1.96. The summed E-state index contributed by atoms with van der Waals surface area (Å²) in [5.74, 6) is -2.64. The van der Waals surface area contributed by atoms with Crippen LogP contribution in [0.25, 0.3) is 0 Å². The fourth-order valence-electron chi connectivity index (χ4n) is 0.840. The van der Waals surface area contributed by atoms with Crippen molar-refractivity contribution in [3.8, 4) is 0 Å². The van der Waals surface area contributed by atoms with E-state index in [-0.39, 0.29) is 18.7 Å². The van der Waals surface area contributed by atoms with E-state index in [4.69, 9.17) is 0 Å². The van der Waals surface area contributed by atoms with Gasteiger partial charge in [0, 0.05) is 12.6 Å². The molecule has 0 heterocycles. The van der Waals surface area contributed by atoms with Crippen LogP contribution in [0.1, 0.15) is 13.3 Å². The molecule has 0 aliphatic carbocycles. The van der Waals surface area contributed by atoms with Gasteiger partial charge in [-0.3, -0.25) is 4.79 Å². The van der Waals surface area contributed by atoms with Gasteiger partial charge in [-0.2, -0.15) is 13.2 Å². The molecule has 0 aliphatic rings.